The molecular formula is C26H23N3O3S2. The first kappa shape index (κ1) is 22.4. The largest absolute Gasteiger partial charge is 0.295 e. The molecular weight excluding hydrogens is 466 g/mol. The number of sulfonamides is 1. The molecule has 0 radical (unpaired) electrons. The molecule has 5 rings (SSSR count). The molecule has 34 heavy (non-hydrogen) atoms. The van der Waals surface area contributed by atoms with E-state index in [1.54, 1.807) is 48.3 Å². The summed E-state index contributed by atoms with van der Waals surface area (Å²) in [6.45, 7) is 2.10. The van der Waals surface area contributed by atoms with Crippen molar-refractivity contribution in [2.45, 2.75) is 23.6 Å². The first-order valence-corrected chi connectivity index (χ1v) is 13.5. The summed E-state index contributed by atoms with van der Waals surface area (Å²) in [5.41, 5.74) is 3.90. The molecule has 6 nitrogen and oxygen atoms in total. The molecule has 1 unspecified atom stereocenters. The summed E-state index contributed by atoms with van der Waals surface area (Å²) in [5, 5.41) is 0.601. The molecule has 1 N–H and O–H groups in total. The maximum absolute atomic E-state index is 13.1. The Morgan fingerprint density at radius 3 is 2.47 bits per heavy atom. The number of para-hydroxylation sites is 1. The maximum Gasteiger partial charge on any atom is 0.264 e. The van der Waals surface area contributed by atoms with Crippen LogP contribution in [0.4, 0.5) is 11.4 Å². The number of aromatic nitrogens is 1. The van der Waals surface area contributed by atoms with Gasteiger partial charge in [-0.2, -0.15) is 0 Å². The van der Waals surface area contributed by atoms with Gasteiger partial charge < -0.3 is 0 Å². The van der Waals surface area contributed by atoms with Gasteiger partial charge in [0.25, 0.3) is 10.0 Å². The fourth-order valence-electron chi connectivity index (χ4n) is 4.06. The van der Waals surface area contributed by atoms with E-state index >= 15 is 0 Å². The Labute approximate surface area is 203 Å². The molecule has 3 aromatic carbocycles. The number of pyridine rings is 1. The van der Waals surface area contributed by atoms with Crippen molar-refractivity contribution in [2.75, 3.05) is 15.4 Å². The molecule has 0 saturated carbocycles. The molecule has 4 aromatic rings. The lowest BCUT2D eigenvalue weighted by molar-refractivity contribution is -0.115. The van der Waals surface area contributed by atoms with Crippen LogP contribution in [0.15, 0.2) is 90.0 Å². The van der Waals surface area contributed by atoms with Crippen LogP contribution in [0.5, 0.6) is 0 Å². The molecule has 172 valence electrons. The van der Waals surface area contributed by atoms with E-state index < -0.39 is 10.0 Å². The maximum atomic E-state index is 13.1. The Morgan fingerprint density at radius 2 is 1.74 bits per heavy atom. The summed E-state index contributed by atoms with van der Waals surface area (Å²) in [6, 6.07) is 23.9. The number of hydrogen-bond donors (Lipinski definition) is 1. The lowest BCUT2D eigenvalue weighted by Gasteiger charge is -2.24. The second kappa shape index (κ2) is 9.12. The number of anilines is 2. The van der Waals surface area contributed by atoms with Crippen molar-refractivity contribution in [1.29, 1.82) is 0 Å². The lowest BCUT2D eigenvalue weighted by Crippen LogP contribution is -2.27. The molecule has 0 bridgehead atoms. The normalized spacial score (nSPS) is 16.2. The average Bonchev–Trinajstić information content (AvgIpc) is 3.25. The number of aryl methyl sites for hydroxylation is 1. The molecule has 0 aliphatic carbocycles. The van der Waals surface area contributed by atoms with E-state index in [-0.39, 0.29) is 16.2 Å². The van der Waals surface area contributed by atoms with Gasteiger partial charge in [-0.25, -0.2) is 8.42 Å². The molecule has 1 saturated heterocycles. The molecule has 1 atom stereocenters. The highest BCUT2D eigenvalue weighted by atomic mass is 32.2. The number of nitrogens with zero attached hydrogens (tertiary/aromatic N) is 2. The summed E-state index contributed by atoms with van der Waals surface area (Å²) in [4.78, 5) is 18.8. The lowest BCUT2D eigenvalue weighted by atomic mass is 10.1. The van der Waals surface area contributed by atoms with Gasteiger partial charge in [0.2, 0.25) is 5.91 Å². The van der Waals surface area contributed by atoms with Crippen LogP contribution >= 0.6 is 11.8 Å². The third-order valence-electron chi connectivity index (χ3n) is 5.82. The van der Waals surface area contributed by atoms with E-state index in [0.717, 1.165) is 23.1 Å². The van der Waals surface area contributed by atoms with Crippen LogP contribution in [-0.2, 0) is 21.2 Å². The summed E-state index contributed by atoms with van der Waals surface area (Å²) in [6.07, 6.45) is 2.52. The van der Waals surface area contributed by atoms with E-state index in [4.69, 9.17) is 0 Å². The molecule has 0 spiro atoms. The molecule has 1 fully saturated rings. The number of benzene rings is 3. The Bertz CT molecular complexity index is 1450. The highest BCUT2D eigenvalue weighted by molar-refractivity contribution is 8.00. The van der Waals surface area contributed by atoms with Crippen LogP contribution in [0, 0.1) is 0 Å². The minimum atomic E-state index is -3.82. The predicted molar refractivity (Wildman–Crippen MR) is 137 cm³/mol. The van der Waals surface area contributed by atoms with Crippen LogP contribution in [0.2, 0.25) is 0 Å². The molecule has 1 amide bonds. The minimum Gasteiger partial charge on any atom is -0.295 e. The van der Waals surface area contributed by atoms with E-state index in [0.29, 0.717) is 17.0 Å². The number of rotatable bonds is 6. The zero-order chi connectivity index (χ0) is 23.7. The van der Waals surface area contributed by atoms with Gasteiger partial charge in [-0.1, -0.05) is 49.4 Å². The smallest absolute Gasteiger partial charge is 0.264 e. The van der Waals surface area contributed by atoms with E-state index in [2.05, 4.69) is 16.6 Å². The first-order valence-electron chi connectivity index (χ1n) is 11.0. The van der Waals surface area contributed by atoms with Crippen molar-refractivity contribution >= 4 is 50.0 Å². The molecule has 8 heteroatoms. The number of nitrogens with one attached hydrogen (secondary N) is 1. The topological polar surface area (TPSA) is 79.4 Å². The van der Waals surface area contributed by atoms with Crippen molar-refractivity contribution in [3.05, 3.63) is 96.2 Å². The standard InChI is InChI=1S/C26H23N3O3S2/c1-2-18-8-14-22(15-9-18)29-24(30)17-33-26(29)20-10-12-21(13-11-20)28-34(31,32)23-7-3-5-19-6-4-16-27-25(19)23/h3-16,26,28H,2,17H2,1H3. The summed E-state index contributed by atoms with van der Waals surface area (Å²) < 4.78 is 28.8. The van der Waals surface area contributed by atoms with Gasteiger partial charge in [-0.3, -0.25) is 19.4 Å². The van der Waals surface area contributed by atoms with E-state index in [1.165, 1.54) is 5.56 Å². The van der Waals surface area contributed by atoms with Crippen LogP contribution in [0.1, 0.15) is 23.4 Å². The van der Waals surface area contributed by atoms with Crippen molar-refractivity contribution < 1.29 is 13.2 Å². The number of thioether (sulfide) groups is 1. The zero-order valence-electron chi connectivity index (χ0n) is 18.5. The zero-order valence-corrected chi connectivity index (χ0v) is 20.1. The SMILES string of the molecule is CCc1ccc(N2C(=O)CSC2c2ccc(NS(=O)(=O)c3cccc4cccnc34)cc2)cc1. The highest BCUT2D eigenvalue weighted by Gasteiger charge is 2.34. The van der Waals surface area contributed by atoms with E-state index in [1.807, 2.05) is 53.4 Å². The highest BCUT2D eigenvalue weighted by Crippen LogP contribution is 2.42. The van der Waals surface area contributed by atoms with Crippen molar-refractivity contribution in [2.24, 2.45) is 0 Å². The van der Waals surface area contributed by atoms with Gasteiger partial charge in [0.05, 0.1) is 11.3 Å². The number of amides is 1. The summed E-state index contributed by atoms with van der Waals surface area (Å²) in [7, 11) is -3.82. The van der Waals surface area contributed by atoms with Crippen molar-refractivity contribution in [3.8, 4) is 0 Å². The fourth-order valence-corrected chi connectivity index (χ4v) is 6.48. The fraction of sp³-hybridized carbons (Fsp3) is 0.154. The number of carbonyl (C=O) groups is 1. The monoisotopic (exact) mass is 489 g/mol. The Hall–Kier alpha value is -3.36. The average molecular weight is 490 g/mol. The third-order valence-corrected chi connectivity index (χ3v) is 8.45. The van der Waals surface area contributed by atoms with Gasteiger partial charge in [0.1, 0.15) is 10.3 Å². The molecule has 2 heterocycles. The Balaban J connectivity index is 1.39. The minimum absolute atomic E-state index is 0.0625. The molecule has 1 aromatic heterocycles. The van der Waals surface area contributed by atoms with Crippen LogP contribution in [0.25, 0.3) is 10.9 Å². The second-order valence-electron chi connectivity index (χ2n) is 8.01. The second-order valence-corrected chi connectivity index (χ2v) is 10.7. The third kappa shape index (κ3) is 4.26. The van der Waals surface area contributed by atoms with Crippen molar-refractivity contribution in [1.82, 2.24) is 4.98 Å². The van der Waals surface area contributed by atoms with E-state index in [9.17, 15) is 13.2 Å². The van der Waals surface area contributed by atoms with Crippen LogP contribution in [0.3, 0.4) is 0 Å². The van der Waals surface area contributed by atoms with Gasteiger partial charge in [-0.15, -0.1) is 11.8 Å². The molecule has 1 aliphatic heterocycles. The molecule has 1 aliphatic rings. The summed E-state index contributed by atoms with van der Waals surface area (Å²) in [5.74, 6) is 0.468. The number of fused-ring (bicyclic) bond motifs is 1. The van der Waals surface area contributed by atoms with Gasteiger partial charge >= 0.3 is 0 Å². The Morgan fingerprint density at radius 1 is 1.00 bits per heavy atom. The number of hydrogen-bond acceptors (Lipinski definition) is 5. The van der Waals surface area contributed by atoms with Gasteiger partial charge in [0.15, 0.2) is 0 Å². The predicted octanol–water partition coefficient (Wildman–Crippen LogP) is 5.38. The summed E-state index contributed by atoms with van der Waals surface area (Å²) >= 11 is 1.56. The quantitative estimate of drug-likeness (QED) is 0.394. The van der Waals surface area contributed by atoms with Gasteiger partial charge in [-0.05, 0) is 53.9 Å². The van der Waals surface area contributed by atoms with Crippen LogP contribution < -0.4 is 9.62 Å². The Kier molecular flexibility index (Phi) is 6.02. The van der Waals surface area contributed by atoms with Crippen molar-refractivity contribution in [3.63, 3.8) is 0 Å². The number of carbonyl (C=O) groups excluding carboxylic acids is 1. The first-order chi connectivity index (χ1) is 16.5. The van der Waals surface area contributed by atoms with Gasteiger partial charge in [0, 0.05) is 23.0 Å². The van der Waals surface area contributed by atoms with Crippen LogP contribution in [-0.4, -0.2) is 25.1 Å².